The summed E-state index contributed by atoms with van der Waals surface area (Å²) < 4.78 is 4.64. The lowest BCUT2D eigenvalue weighted by atomic mass is 10.2. The zero-order valence-corrected chi connectivity index (χ0v) is 5.06. The number of aliphatic hydroxyl groups excluding tert-OH is 3. The summed E-state index contributed by atoms with van der Waals surface area (Å²) in [5.41, 5.74) is 0. The van der Waals surface area contributed by atoms with E-state index >= 15 is 0 Å². The molecule has 1 aliphatic rings. The zero-order valence-electron chi connectivity index (χ0n) is 5.06. The number of hydrogen-bond donors (Lipinski definition) is 3. The zero-order chi connectivity index (χ0) is 7.02. The van der Waals surface area contributed by atoms with E-state index in [1.165, 1.54) is 0 Å². The number of rotatable bonds is 0. The Morgan fingerprint density at radius 3 is 1.78 bits per heavy atom. The second kappa shape index (κ2) is 2.22. The predicted molar refractivity (Wildman–Crippen MR) is 28.6 cm³/mol. The van der Waals surface area contributed by atoms with Gasteiger partial charge in [-0.2, -0.15) is 0 Å². The molecule has 4 nitrogen and oxygen atoms in total. The summed E-state index contributed by atoms with van der Waals surface area (Å²) in [5, 5.41) is 26.4. The molecule has 54 valence electrons. The highest BCUT2D eigenvalue weighted by atomic mass is 16.6. The van der Waals surface area contributed by atoms with E-state index in [9.17, 15) is 0 Å². The summed E-state index contributed by atoms with van der Waals surface area (Å²) in [6, 6.07) is 0. The summed E-state index contributed by atoms with van der Waals surface area (Å²) in [4.78, 5) is 0. The van der Waals surface area contributed by atoms with Gasteiger partial charge in [0.25, 0.3) is 0 Å². The summed E-state index contributed by atoms with van der Waals surface area (Å²) >= 11 is 0. The van der Waals surface area contributed by atoms with Gasteiger partial charge >= 0.3 is 0 Å². The minimum atomic E-state index is -1.23. The Labute approximate surface area is 52.7 Å². The van der Waals surface area contributed by atoms with Crippen LogP contribution in [0.3, 0.4) is 0 Å². The topological polar surface area (TPSA) is 69.9 Å². The maximum absolute atomic E-state index is 8.90. The molecule has 0 aromatic carbocycles. The third-order valence-corrected chi connectivity index (χ3v) is 1.48. The fraction of sp³-hybridized carbons (Fsp3) is 1.00. The van der Waals surface area contributed by atoms with Crippen LogP contribution in [0.1, 0.15) is 6.92 Å². The average Bonchev–Trinajstić information content (AvgIpc) is 1.98. The van der Waals surface area contributed by atoms with Crippen molar-refractivity contribution < 1.29 is 20.1 Å². The fourth-order valence-electron chi connectivity index (χ4n) is 0.827. The Kier molecular flexibility index (Phi) is 1.72. The van der Waals surface area contributed by atoms with Crippen LogP contribution >= 0.6 is 0 Å². The smallest absolute Gasteiger partial charge is 0.183 e. The van der Waals surface area contributed by atoms with Gasteiger partial charge in [-0.15, -0.1) is 0 Å². The molecule has 0 saturated carbocycles. The molecule has 0 amide bonds. The third-order valence-electron chi connectivity index (χ3n) is 1.48. The van der Waals surface area contributed by atoms with Crippen molar-refractivity contribution in [3.63, 3.8) is 0 Å². The molecule has 1 heterocycles. The van der Waals surface area contributed by atoms with Crippen molar-refractivity contribution >= 4 is 0 Å². The summed E-state index contributed by atoms with van der Waals surface area (Å²) in [5.74, 6) is 0. The fourth-order valence-corrected chi connectivity index (χ4v) is 0.827. The van der Waals surface area contributed by atoms with E-state index in [1.54, 1.807) is 6.92 Å². The van der Waals surface area contributed by atoms with E-state index < -0.39 is 24.6 Å². The molecule has 0 aliphatic carbocycles. The second-order valence-corrected chi connectivity index (χ2v) is 2.21. The first-order valence-electron chi connectivity index (χ1n) is 2.82. The van der Waals surface area contributed by atoms with Gasteiger partial charge in [0.2, 0.25) is 0 Å². The Balaban J connectivity index is 2.54. The third kappa shape index (κ3) is 1.07. The molecule has 1 fully saturated rings. The largest absolute Gasteiger partial charge is 0.388 e. The van der Waals surface area contributed by atoms with Gasteiger partial charge in [0.1, 0.15) is 12.2 Å². The van der Waals surface area contributed by atoms with Crippen LogP contribution in [-0.2, 0) is 4.74 Å². The van der Waals surface area contributed by atoms with Crippen LogP contribution in [0.5, 0.6) is 0 Å². The van der Waals surface area contributed by atoms with E-state index in [4.69, 9.17) is 15.3 Å². The van der Waals surface area contributed by atoms with Gasteiger partial charge in [-0.05, 0) is 6.92 Å². The van der Waals surface area contributed by atoms with Crippen LogP contribution in [0.25, 0.3) is 0 Å². The number of aliphatic hydroxyl groups is 3. The van der Waals surface area contributed by atoms with Crippen LogP contribution in [-0.4, -0.2) is 39.9 Å². The number of ether oxygens (including phenoxy) is 1. The molecule has 0 spiro atoms. The van der Waals surface area contributed by atoms with Gasteiger partial charge in [0, 0.05) is 0 Å². The molecule has 0 aromatic rings. The van der Waals surface area contributed by atoms with E-state index in [2.05, 4.69) is 4.74 Å². The SMILES string of the molecule is C[C@H]1OC(O)[C@@H](O)C1O. The van der Waals surface area contributed by atoms with Crippen molar-refractivity contribution in [3.8, 4) is 0 Å². The first-order valence-corrected chi connectivity index (χ1v) is 2.82. The molecular formula is C5H10O4. The highest BCUT2D eigenvalue weighted by Gasteiger charge is 2.38. The second-order valence-electron chi connectivity index (χ2n) is 2.21. The van der Waals surface area contributed by atoms with E-state index in [0.29, 0.717) is 0 Å². The van der Waals surface area contributed by atoms with Crippen LogP contribution in [0.2, 0.25) is 0 Å². The molecule has 4 atom stereocenters. The van der Waals surface area contributed by atoms with Gasteiger partial charge < -0.3 is 20.1 Å². The van der Waals surface area contributed by atoms with Gasteiger partial charge in [0.05, 0.1) is 6.10 Å². The normalized spacial score (nSPS) is 52.0. The molecule has 0 bridgehead atoms. The van der Waals surface area contributed by atoms with Crippen molar-refractivity contribution in [1.82, 2.24) is 0 Å². The highest BCUT2D eigenvalue weighted by Crippen LogP contribution is 2.18. The summed E-state index contributed by atoms with van der Waals surface area (Å²) in [6.07, 6.45) is -3.81. The summed E-state index contributed by atoms with van der Waals surface area (Å²) in [7, 11) is 0. The van der Waals surface area contributed by atoms with Crippen molar-refractivity contribution in [2.75, 3.05) is 0 Å². The lowest BCUT2D eigenvalue weighted by Gasteiger charge is -2.07. The van der Waals surface area contributed by atoms with Gasteiger partial charge in [-0.25, -0.2) is 0 Å². The Morgan fingerprint density at radius 2 is 1.67 bits per heavy atom. The van der Waals surface area contributed by atoms with Crippen molar-refractivity contribution in [2.24, 2.45) is 0 Å². The van der Waals surface area contributed by atoms with E-state index in [-0.39, 0.29) is 0 Å². The standard InChI is InChI=1S/C5H10O4/c1-2-3(6)4(7)5(8)9-2/h2-8H,1H3/t2-,3?,4+,5?/m1/s1. The molecule has 3 N–H and O–H groups in total. The molecule has 9 heavy (non-hydrogen) atoms. The quantitative estimate of drug-likeness (QED) is 0.375. The van der Waals surface area contributed by atoms with Gasteiger partial charge in [-0.3, -0.25) is 0 Å². The molecule has 1 saturated heterocycles. The maximum Gasteiger partial charge on any atom is 0.183 e. The van der Waals surface area contributed by atoms with Crippen LogP contribution in [0, 0.1) is 0 Å². The Bertz CT molecular complexity index is 93.1. The predicted octanol–water partition coefficient (Wildman–Crippen LogP) is -1.55. The minimum Gasteiger partial charge on any atom is -0.388 e. The lowest BCUT2D eigenvalue weighted by Crippen LogP contribution is -2.31. The first kappa shape index (κ1) is 6.95. The monoisotopic (exact) mass is 134 g/mol. The van der Waals surface area contributed by atoms with Crippen molar-refractivity contribution in [1.29, 1.82) is 0 Å². The highest BCUT2D eigenvalue weighted by molar-refractivity contribution is 4.82. The maximum atomic E-state index is 8.90. The number of hydrogen-bond acceptors (Lipinski definition) is 4. The lowest BCUT2D eigenvalue weighted by molar-refractivity contribution is -0.124. The van der Waals surface area contributed by atoms with E-state index in [0.717, 1.165) is 0 Å². The molecule has 1 aliphatic heterocycles. The Hall–Kier alpha value is -0.160. The van der Waals surface area contributed by atoms with E-state index in [1.807, 2.05) is 0 Å². The van der Waals surface area contributed by atoms with Crippen LogP contribution < -0.4 is 0 Å². The molecule has 4 heteroatoms. The first-order chi connectivity index (χ1) is 4.13. The van der Waals surface area contributed by atoms with Gasteiger partial charge in [-0.1, -0.05) is 0 Å². The summed E-state index contributed by atoms with van der Waals surface area (Å²) in [6.45, 7) is 1.59. The molecular weight excluding hydrogens is 124 g/mol. The molecule has 2 unspecified atom stereocenters. The van der Waals surface area contributed by atoms with Crippen molar-refractivity contribution in [2.45, 2.75) is 31.5 Å². The minimum absolute atomic E-state index is 0.477. The molecule has 0 radical (unpaired) electrons. The molecule has 0 aromatic heterocycles. The van der Waals surface area contributed by atoms with Crippen LogP contribution in [0.4, 0.5) is 0 Å². The van der Waals surface area contributed by atoms with Gasteiger partial charge in [0.15, 0.2) is 6.29 Å². The average molecular weight is 134 g/mol. The van der Waals surface area contributed by atoms with Crippen LogP contribution in [0.15, 0.2) is 0 Å². The Morgan fingerprint density at radius 1 is 1.11 bits per heavy atom. The van der Waals surface area contributed by atoms with Crippen molar-refractivity contribution in [3.05, 3.63) is 0 Å². The molecule has 1 rings (SSSR count).